The minimum Gasteiger partial charge on any atom is -0.323 e. The van der Waals surface area contributed by atoms with E-state index in [1.807, 2.05) is 20.8 Å². The minimum absolute atomic E-state index is 0.0634. The molecule has 0 amide bonds. The number of hydrogen-bond acceptors (Lipinski definition) is 3. The molecule has 0 radical (unpaired) electrons. The smallest absolute Gasteiger partial charge is 0.151 e. The zero-order chi connectivity index (χ0) is 13.7. The molecule has 1 unspecified atom stereocenters. The first kappa shape index (κ1) is 14.3. The van der Waals surface area contributed by atoms with Gasteiger partial charge in [-0.05, 0) is 18.1 Å². The van der Waals surface area contributed by atoms with Crippen LogP contribution in [-0.2, 0) is 0 Å². The molecule has 0 aliphatic heterocycles. The molecular weight excluding hydrogens is 236 g/mol. The summed E-state index contributed by atoms with van der Waals surface area (Å²) < 4.78 is 26.1. The van der Waals surface area contributed by atoms with Crippen LogP contribution < -0.4 is 5.84 Å². The van der Waals surface area contributed by atoms with Gasteiger partial charge >= 0.3 is 0 Å². The summed E-state index contributed by atoms with van der Waals surface area (Å²) in [5.41, 5.74) is 0.641. The van der Waals surface area contributed by atoms with Gasteiger partial charge in [0.1, 0.15) is 5.82 Å². The Kier molecular flexibility index (Phi) is 4.95. The van der Waals surface area contributed by atoms with Gasteiger partial charge in [0.2, 0.25) is 0 Å². The van der Waals surface area contributed by atoms with E-state index in [-0.39, 0.29) is 11.6 Å². The zero-order valence-corrected chi connectivity index (χ0v) is 10.7. The van der Waals surface area contributed by atoms with Crippen molar-refractivity contribution in [2.75, 3.05) is 0 Å². The second-order valence-corrected chi connectivity index (χ2v) is 4.44. The topological polar surface area (TPSA) is 50.7 Å². The lowest BCUT2D eigenvalue weighted by Gasteiger charge is -2.14. The Balaban J connectivity index is 2.91. The van der Waals surface area contributed by atoms with Crippen LogP contribution in [0.4, 0.5) is 14.5 Å². The number of benzene rings is 1. The SMILES string of the molecule is CC(C)C(C)C(C=Nc1ccc(F)cc1F)=NN. The molecule has 1 aromatic rings. The predicted octanol–water partition coefficient (Wildman–Crippen LogP) is 3.27. The van der Waals surface area contributed by atoms with Gasteiger partial charge in [0.25, 0.3) is 0 Å². The highest BCUT2D eigenvalue weighted by molar-refractivity contribution is 6.31. The Hall–Kier alpha value is -1.78. The normalized spacial score (nSPS) is 14.4. The zero-order valence-electron chi connectivity index (χ0n) is 10.7. The molecule has 18 heavy (non-hydrogen) atoms. The third-order valence-corrected chi connectivity index (χ3v) is 2.86. The van der Waals surface area contributed by atoms with Gasteiger partial charge in [-0.3, -0.25) is 4.99 Å². The van der Waals surface area contributed by atoms with Crippen LogP contribution in [0.15, 0.2) is 28.3 Å². The Labute approximate surface area is 105 Å². The molecule has 0 spiro atoms. The summed E-state index contributed by atoms with van der Waals surface area (Å²) in [4.78, 5) is 3.94. The van der Waals surface area contributed by atoms with Crippen molar-refractivity contribution < 1.29 is 8.78 Å². The number of nitrogens with zero attached hydrogens (tertiary/aromatic N) is 2. The van der Waals surface area contributed by atoms with Crippen molar-refractivity contribution in [1.82, 2.24) is 0 Å². The Bertz CT molecular complexity index is 467. The summed E-state index contributed by atoms with van der Waals surface area (Å²) in [7, 11) is 0. The summed E-state index contributed by atoms with van der Waals surface area (Å²) in [5, 5.41) is 3.64. The monoisotopic (exact) mass is 253 g/mol. The van der Waals surface area contributed by atoms with Gasteiger partial charge < -0.3 is 5.84 Å². The summed E-state index contributed by atoms with van der Waals surface area (Å²) >= 11 is 0. The van der Waals surface area contributed by atoms with E-state index in [0.717, 1.165) is 12.1 Å². The van der Waals surface area contributed by atoms with Gasteiger partial charge in [-0.25, -0.2) is 8.78 Å². The first-order chi connectivity index (χ1) is 8.45. The largest absolute Gasteiger partial charge is 0.323 e. The lowest BCUT2D eigenvalue weighted by Crippen LogP contribution is -2.19. The average molecular weight is 253 g/mol. The van der Waals surface area contributed by atoms with Crippen molar-refractivity contribution in [3.05, 3.63) is 29.8 Å². The summed E-state index contributed by atoms with van der Waals surface area (Å²) in [6.45, 7) is 6.02. The van der Waals surface area contributed by atoms with E-state index in [1.165, 1.54) is 12.3 Å². The average Bonchev–Trinajstić information content (AvgIpc) is 2.31. The molecule has 0 heterocycles. The number of hydrogen-bond donors (Lipinski definition) is 1. The van der Waals surface area contributed by atoms with Crippen LogP contribution in [0.25, 0.3) is 0 Å². The van der Waals surface area contributed by atoms with Crippen molar-refractivity contribution in [3.8, 4) is 0 Å². The molecule has 1 rings (SSSR count). The highest BCUT2D eigenvalue weighted by Gasteiger charge is 2.13. The van der Waals surface area contributed by atoms with E-state index < -0.39 is 11.6 Å². The maximum atomic E-state index is 13.3. The number of hydrazone groups is 1. The van der Waals surface area contributed by atoms with E-state index in [9.17, 15) is 8.78 Å². The van der Waals surface area contributed by atoms with E-state index in [1.54, 1.807) is 0 Å². The second kappa shape index (κ2) is 6.23. The fourth-order valence-corrected chi connectivity index (χ4v) is 1.33. The third-order valence-electron chi connectivity index (χ3n) is 2.86. The molecule has 3 nitrogen and oxygen atoms in total. The molecule has 0 aromatic heterocycles. The van der Waals surface area contributed by atoms with Crippen LogP contribution >= 0.6 is 0 Å². The number of nitrogens with two attached hydrogens (primary N) is 1. The molecular formula is C13H17F2N3. The third kappa shape index (κ3) is 3.61. The van der Waals surface area contributed by atoms with E-state index in [4.69, 9.17) is 5.84 Å². The maximum absolute atomic E-state index is 13.3. The van der Waals surface area contributed by atoms with Crippen LogP contribution in [0.1, 0.15) is 20.8 Å². The highest BCUT2D eigenvalue weighted by Crippen LogP contribution is 2.18. The first-order valence-electron chi connectivity index (χ1n) is 5.72. The number of aliphatic imine (C=N–C) groups is 1. The van der Waals surface area contributed by atoms with Crippen molar-refractivity contribution in [2.45, 2.75) is 20.8 Å². The van der Waals surface area contributed by atoms with E-state index in [0.29, 0.717) is 11.6 Å². The van der Waals surface area contributed by atoms with Crippen molar-refractivity contribution in [3.63, 3.8) is 0 Å². The van der Waals surface area contributed by atoms with E-state index in [2.05, 4.69) is 10.1 Å². The number of rotatable bonds is 4. The molecule has 0 aliphatic carbocycles. The lowest BCUT2D eigenvalue weighted by molar-refractivity contribution is 0.535. The molecule has 0 bridgehead atoms. The molecule has 0 saturated carbocycles. The Morgan fingerprint density at radius 1 is 1.28 bits per heavy atom. The quantitative estimate of drug-likeness (QED) is 0.499. The maximum Gasteiger partial charge on any atom is 0.151 e. The van der Waals surface area contributed by atoms with Crippen LogP contribution in [0.3, 0.4) is 0 Å². The molecule has 98 valence electrons. The van der Waals surface area contributed by atoms with Gasteiger partial charge in [-0.1, -0.05) is 20.8 Å². The van der Waals surface area contributed by atoms with Gasteiger partial charge in [-0.15, -0.1) is 0 Å². The minimum atomic E-state index is -0.708. The summed E-state index contributed by atoms with van der Waals surface area (Å²) in [5.74, 6) is 4.40. The first-order valence-corrected chi connectivity index (χ1v) is 5.72. The van der Waals surface area contributed by atoms with Crippen molar-refractivity contribution >= 4 is 17.6 Å². The molecule has 2 N–H and O–H groups in total. The van der Waals surface area contributed by atoms with Crippen molar-refractivity contribution in [2.24, 2.45) is 27.8 Å². The molecule has 0 fully saturated rings. The fraction of sp³-hybridized carbons (Fsp3) is 0.385. The van der Waals surface area contributed by atoms with Crippen LogP contribution in [0.2, 0.25) is 0 Å². The standard InChI is InChI=1S/C13H17F2N3/c1-8(2)9(3)13(18-16)7-17-12-5-4-10(14)6-11(12)15/h4-9H,16H2,1-3H3. The lowest BCUT2D eigenvalue weighted by atomic mass is 9.93. The summed E-state index contributed by atoms with van der Waals surface area (Å²) in [6.07, 6.45) is 1.42. The van der Waals surface area contributed by atoms with Gasteiger partial charge in [0.05, 0.1) is 17.6 Å². The van der Waals surface area contributed by atoms with E-state index >= 15 is 0 Å². The van der Waals surface area contributed by atoms with Gasteiger partial charge in [0.15, 0.2) is 5.82 Å². The molecule has 0 aliphatic rings. The van der Waals surface area contributed by atoms with Gasteiger partial charge in [0, 0.05) is 12.0 Å². The van der Waals surface area contributed by atoms with Crippen LogP contribution in [-0.4, -0.2) is 11.9 Å². The Morgan fingerprint density at radius 3 is 2.44 bits per heavy atom. The molecule has 1 aromatic carbocycles. The molecule has 1 atom stereocenters. The van der Waals surface area contributed by atoms with Gasteiger partial charge in [-0.2, -0.15) is 5.10 Å². The predicted molar refractivity (Wildman–Crippen MR) is 70.1 cm³/mol. The van der Waals surface area contributed by atoms with Crippen LogP contribution in [0.5, 0.6) is 0 Å². The van der Waals surface area contributed by atoms with Crippen molar-refractivity contribution in [1.29, 1.82) is 0 Å². The van der Waals surface area contributed by atoms with Crippen LogP contribution in [0, 0.1) is 23.5 Å². The number of halogens is 2. The highest BCUT2D eigenvalue weighted by atomic mass is 19.1. The fourth-order valence-electron chi connectivity index (χ4n) is 1.33. The Morgan fingerprint density at radius 2 is 1.94 bits per heavy atom. The molecule has 5 heteroatoms. The second-order valence-electron chi connectivity index (χ2n) is 4.44. The summed E-state index contributed by atoms with van der Waals surface area (Å²) in [6, 6.07) is 3.22. The molecule has 0 saturated heterocycles.